The van der Waals surface area contributed by atoms with Crippen LogP contribution < -0.4 is 5.73 Å². The van der Waals surface area contributed by atoms with Gasteiger partial charge in [-0.1, -0.05) is 6.07 Å². The van der Waals surface area contributed by atoms with Crippen LogP contribution in [0.3, 0.4) is 0 Å². The SMILES string of the molecule is Cc1ccc2sc(-c3c(N)sc4c3CCN(C(=O)O)C4)nc2c1. The molecule has 7 heteroatoms. The predicted molar refractivity (Wildman–Crippen MR) is 94.2 cm³/mol. The molecule has 3 aromatic rings. The first-order valence-electron chi connectivity index (χ1n) is 7.28. The third-order valence-corrected chi connectivity index (χ3v) is 6.21. The summed E-state index contributed by atoms with van der Waals surface area (Å²) < 4.78 is 1.15. The zero-order valence-electron chi connectivity index (χ0n) is 12.5. The van der Waals surface area contributed by atoms with Gasteiger partial charge in [-0.3, -0.25) is 0 Å². The predicted octanol–water partition coefficient (Wildman–Crippen LogP) is 3.95. The summed E-state index contributed by atoms with van der Waals surface area (Å²) in [4.78, 5) is 18.4. The minimum absolute atomic E-state index is 0.420. The normalized spacial score (nSPS) is 14.2. The average Bonchev–Trinajstić information content (AvgIpc) is 3.04. The molecule has 0 unspecified atom stereocenters. The lowest BCUT2D eigenvalue weighted by molar-refractivity contribution is 0.140. The van der Waals surface area contributed by atoms with E-state index in [0.717, 1.165) is 30.7 Å². The second-order valence-corrected chi connectivity index (χ2v) is 7.85. The van der Waals surface area contributed by atoms with E-state index in [2.05, 4.69) is 25.1 Å². The Labute approximate surface area is 141 Å². The van der Waals surface area contributed by atoms with Crippen molar-refractivity contribution in [2.45, 2.75) is 19.9 Å². The Kier molecular flexibility index (Phi) is 3.28. The van der Waals surface area contributed by atoms with Gasteiger partial charge in [0, 0.05) is 17.0 Å². The molecular formula is C16H15N3O2S2. The zero-order chi connectivity index (χ0) is 16.1. The number of nitrogens with two attached hydrogens (primary N) is 1. The number of rotatable bonds is 1. The molecular weight excluding hydrogens is 330 g/mol. The number of nitrogen functional groups attached to an aromatic ring is 1. The van der Waals surface area contributed by atoms with Crippen LogP contribution in [0.25, 0.3) is 20.8 Å². The number of thiophene rings is 1. The van der Waals surface area contributed by atoms with Crippen LogP contribution in [0.4, 0.5) is 9.80 Å². The molecule has 0 saturated carbocycles. The molecule has 0 fully saturated rings. The van der Waals surface area contributed by atoms with Crippen LogP contribution >= 0.6 is 22.7 Å². The van der Waals surface area contributed by atoms with Crippen LogP contribution in [0.2, 0.25) is 0 Å². The number of hydrogen-bond donors (Lipinski definition) is 2. The van der Waals surface area contributed by atoms with E-state index in [9.17, 15) is 4.79 Å². The Morgan fingerprint density at radius 1 is 1.39 bits per heavy atom. The minimum atomic E-state index is -0.875. The largest absolute Gasteiger partial charge is 0.465 e. The van der Waals surface area contributed by atoms with Crippen LogP contribution in [0.1, 0.15) is 16.0 Å². The number of carboxylic acid groups (broad SMARTS) is 1. The lowest BCUT2D eigenvalue weighted by atomic mass is 10.0. The van der Waals surface area contributed by atoms with Crippen molar-refractivity contribution in [2.75, 3.05) is 12.3 Å². The second kappa shape index (κ2) is 5.21. The maximum Gasteiger partial charge on any atom is 0.407 e. The Morgan fingerprint density at radius 2 is 2.22 bits per heavy atom. The van der Waals surface area contributed by atoms with E-state index in [4.69, 9.17) is 15.8 Å². The van der Waals surface area contributed by atoms with Gasteiger partial charge in [0.15, 0.2) is 0 Å². The summed E-state index contributed by atoms with van der Waals surface area (Å²) in [5, 5.41) is 10.8. The van der Waals surface area contributed by atoms with E-state index < -0.39 is 6.09 Å². The Balaban J connectivity index is 1.81. The van der Waals surface area contributed by atoms with Crippen molar-refractivity contribution in [3.8, 4) is 10.6 Å². The number of nitrogens with zero attached hydrogens (tertiary/aromatic N) is 2. The van der Waals surface area contributed by atoms with Crippen LogP contribution in [-0.4, -0.2) is 27.6 Å². The summed E-state index contributed by atoms with van der Waals surface area (Å²) in [6.07, 6.45) is -0.181. The van der Waals surface area contributed by atoms with E-state index >= 15 is 0 Å². The highest BCUT2D eigenvalue weighted by atomic mass is 32.1. The highest BCUT2D eigenvalue weighted by molar-refractivity contribution is 7.22. The van der Waals surface area contributed by atoms with E-state index in [-0.39, 0.29) is 0 Å². The smallest absolute Gasteiger partial charge is 0.407 e. The van der Waals surface area contributed by atoms with Gasteiger partial charge in [-0.25, -0.2) is 9.78 Å². The van der Waals surface area contributed by atoms with Gasteiger partial charge in [-0.05, 0) is 36.6 Å². The third-order valence-electron chi connectivity index (χ3n) is 4.11. The summed E-state index contributed by atoms with van der Waals surface area (Å²) in [6.45, 7) is 2.98. The van der Waals surface area contributed by atoms with Crippen LogP contribution in [-0.2, 0) is 13.0 Å². The molecule has 3 N–H and O–H groups in total. The third kappa shape index (κ3) is 2.36. The molecule has 0 saturated heterocycles. The second-order valence-electron chi connectivity index (χ2n) is 5.69. The van der Waals surface area contributed by atoms with E-state index in [1.165, 1.54) is 27.4 Å². The molecule has 1 aliphatic heterocycles. The lowest BCUT2D eigenvalue weighted by Crippen LogP contribution is -2.34. The van der Waals surface area contributed by atoms with Crippen molar-refractivity contribution >= 4 is 44.0 Å². The van der Waals surface area contributed by atoms with Gasteiger partial charge in [0.05, 0.1) is 21.8 Å². The van der Waals surface area contributed by atoms with Gasteiger partial charge in [0.1, 0.15) is 5.01 Å². The summed E-state index contributed by atoms with van der Waals surface area (Å²) in [6, 6.07) is 6.25. The molecule has 0 aliphatic carbocycles. The zero-order valence-corrected chi connectivity index (χ0v) is 14.1. The van der Waals surface area contributed by atoms with Crippen molar-refractivity contribution < 1.29 is 9.90 Å². The van der Waals surface area contributed by atoms with Gasteiger partial charge >= 0.3 is 6.09 Å². The molecule has 23 heavy (non-hydrogen) atoms. The van der Waals surface area contributed by atoms with Gasteiger partial charge < -0.3 is 15.7 Å². The molecule has 1 amide bonds. The first-order valence-corrected chi connectivity index (χ1v) is 8.91. The number of carbonyl (C=O) groups is 1. The van der Waals surface area contributed by atoms with Gasteiger partial charge in [0.2, 0.25) is 0 Å². The molecule has 0 bridgehead atoms. The standard InChI is InChI=1S/C16H15N3O2S2/c1-8-2-3-11-10(6-8)18-15(23-11)13-9-4-5-19(16(20)21)7-12(9)22-14(13)17/h2-3,6H,4-5,7,17H2,1H3,(H,20,21). The van der Waals surface area contributed by atoms with Crippen LogP contribution in [0, 0.1) is 6.92 Å². The summed E-state index contributed by atoms with van der Waals surface area (Å²) >= 11 is 3.13. The summed E-state index contributed by atoms with van der Waals surface area (Å²) in [5.74, 6) is 0. The Hall–Kier alpha value is -2.12. The van der Waals surface area contributed by atoms with Crippen molar-refractivity contribution in [3.63, 3.8) is 0 Å². The number of thiazole rings is 1. The molecule has 0 atom stereocenters. The number of fused-ring (bicyclic) bond motifs is 2. The van der Waals surface area contributed by atoms with Crippen LogP contribution in [0.15, 0.2) is 18.2 Å². The molecule has 1 aliphatic rings. The first kappa shape index (κ1) is 14.5. The maximum absolute atomic E-state index is 11.2. The fourth-order valence-electron chi connectivity index (χ4n) is 2.97. The maximum atomic E-state index is 11.2. The highest BCUT2D eigenvalue weighted by Gasteiger charge is 2.27. The lowest BCUT2D eigenvalue weighted by Gasteiger charge is -2.24. The van der Waals surface area contributed by atoms with E-state index in [0.29, 0.717) is 19.5 Å². The van der Waals surface area contributed by atoms with Crippen molar-refractivity contribution in [2.24, 2.45) is 0 Å². The molecule has 0 radical (unpaired) electrons. The quantitative estimate of drug-likeness (QED) is 0.700. The highest BCUT2D eigenvalue weighted by Crippen LogP contribution is 2.44. The number of hydrogen-bond acceptors (Lipinski definition) is 5. The Bertz CT molecular complexity index is 929. The Morgan fingerprint density at radius 3 is 3.00 bits per heavy atom. The van der Waals surface area contributed by atoms with Gasteiger partial charge in [-0.15, -0.1) is 22.7 Å². The molecule has 1 aromatic carbocycles. The van der Waals surface area contributed by atoms with Gasteiger partial charge in [0.25, 0.3) is 0 Å². The molecule has 118 valence electrons. The van der Waals surface area contributed by atoms with Gasteiger partial charge in [-0.2, -0.15) is 0 Å². The number of aromatic nitrogens is 1. The number of anilines is 1. The molecule has 4 rings (SSSR count). The minimum Gasteiger partial charge on any atom is -0.465 e. The molecule has 0 spiro atoms. The van der Waals surface area contributed by atoms with Crippen molar-refractivity contribution in [3.05, 3.63) is 34.2 Å². The fraction of sp³-hybridized carbons (Fsp3) is 0.250. The molecule has 2 aromatic heterocycles. The topological polar surface area (TPSA) is 79.5 Å². The number of benzene rings is 1. The molecule has 3 heterocycles. The van der Waals surface area contributed by atoms with Crippen molar-refractivity contribution in [1.29, 1.82) is 0 Å². The molecule has 5 nitrogen and oxygen atoms in total. The van der Waals surface area contributed by atoms with Crippen molar-refractivity contribution in [1.82, 2.24) is 9.88 Å². The monoisotopic (exact) mass is 345 g/mol. The number of amides is 1. The number of aryl methyl sites for hydroxylation is 1. The summed E-state index contributed by atoms with van der Waals surface area (Å²) in [7, 11) is 0. The van der Waals surface area contributed by atoms with Crippen LogP contribution in [0.5, 0.6) is 0 Å². The van der Waals surface area contributed by atoms with E-state index in [1.807, 2.05) is 0 Å². The average molecular weight is 345 g/mol. The first-order chi connectivity index (χ1) is 11.0. The van der Waals surface area contributed by atoms with E-state index in [1.54, 1.807) is 11.3 Å². The fourth-order valence-corrected chi connectivity index (χ4v) is 5.20. The summed E-state index contributed by atoms with van der Waals surface area (Å²) in [5.41, 5.74) is 10.6.